The van der Waals surface area contributed by atoms with Gasteiger partial charge in [0.2, 0.25) is 0 Å². The molecule has 0 saturated carbocycles. The van der Waals surface area contributed by atoms with Gasteiger partial charge >= 0.3 is 0 Å². The van der Waals surface area contributed by atoms with Gasteiger partial charge in [-0.3, -0.25) is 9.36 Å². The van der Waals surface area contributed by atoms with Crippen molar-refractivity contribution in [3.05, 3.63) is 113 Å². The van der Waals surface area contributed by atoms with Gasteiger partial charge in [0.1, 0.15) is 11.6 Å². The molecule has 0 atom stereocenters. The van der Waals surface area contributed by atoms with Crippen LogP contribution in [-0.4, -0.2) is 16.7 Å². The number of hydrogen-bond donors (Lipinski definition) is 0. The Labute approximate surface area is 179 Å². The molecule has 0 aliphatic heterocycles. The van der Waals surface area contributed by atoms with E-state index >= 15 is 0 Å². The molecule has 4 aromatic carbocycles. The number of rotatable bonds is 4. The second kappa shape index (κ2) is 7.92. The average molecular weight is 404 g/mol. The Kier molecular flexibility index (Phi) is 4.81. The number of methoxy groups -OCH3 is 1. The Bertz CT molecular complexity index is 1490. The summed E-state index contributed by atoms with van der Waals surface area (Å²) in [6, 6.07) is 29.3. The topological polar surface area (TPSA) is 44.1 Å². The number of fused-ring (bicyclic) bond motifs is 2. The van der Waals surface area contributed by atoms with Gasteiger partial charge in [0.15, 0.2) is 0 Å². The summed E-state index contributed by atoms with van der Waals surface area (Å²) < 4.78 is 7.00. The van der Waals surface area contributed by atoms with E-state index in [0.717, 1.165) is 10.9 Å². The standard InChI is InChI=1S/C27H20N2O2/c1-31-22-12-7-11-21(18-22)29-26(28-25-15-5-4-14-24(25)27(29)30)17-16-20-10-6-9-19-8-2-3-13-23(19)20/h2-18H,1H3/b17-16+. The van der Waals surface area contributed by atoms with Crippen molar-refractivity contribution in [3.63, 3.8) is 0 Å². The van der Waals surface area contributed by atoms with Gasteiger partial charge in [-0.05, 0) is 46.7 Å². The van der Waals surface area contributed by atoms with Crippen molar-refractivity contribution in [3.8, 4) is 11.4 Å². The molecular formula is C27H20N2O2. The summed E-state index contributed by atoms with van der Waals surface area (Å²) in [4.78, 5) is 18.2. The van der Waals surface area contributed by atoms with E-state index in [4.69, 9.17) is 9.72 Å². The lowest BCUT2D eigenvalue weighted by atomic mass is 10.0. The van der Waals surface area contributed by atoms with E-state index in [1.54, 1.807) is 17.7 Å². The maximum absolute atomic E-state index is 13.4. The normalized spacial score (nSPS) is 11.4. The molecule has 4 nitrogen and oxygen atoms in total. The van der Waals surface area contributed by atoms with Crippen molar-refractivity contribution < 1.29 is 4.74 Å². The fourth-order valence-electron chi connectivity index (χ4n) is 3.82. The second-order valence-electron chi connectivity index (χ2n) is 7.23. The third-order valence-corrected chi connectivity index (χ3v) is 5.35. The lowest BCUT2D eigenvalue weighted by Crippen LogP contribution is -2.22. The first kappa shape index (κ1) is 18.8. The van der Waals surface area contributed by atoms with Gasteiger partial charge in [-0.2, -0.15) is 0 Å². The van der Waals surface area contributed by atoms with Gasteiger partial charge in [-0.1, -0.05) is 66.7 Å². The fraction of sp³-hybridized carbons (Fsp3) is 0.0370. The zero-order valence-electron chi connectivity index (χ0n) is 17.0. The minimum Gasteiger partial charge on any atom is -0.497 e. The molecule has 0 fully saturated rings. The summed E-state index contributed by atoms with van der Waals surface area (Å²) >= 11 is 0. The van der Waals surface area contributed by atoms with Crippen LogP contribution in [0.5, 0.6) is 5.75 Å². The number of aromatic nitrogens is 2. The van der Waals surface area contributed by atoms with Crippen LogP contribution in [-0.2, 0) is 0 Å². The molecule has 0 radical (unpaired) electrons. The van der Waals surface area contributed by atoms with Crippen LogP contribution in [0.1, 0.15) is 11.4 Å². The molecule has 1 heterocycles. The minimum absolute atomic E-state index is 0.114. The first-order chi connectivity index (χ1) is 15.2. The van der Waals surface area contributed by atoms with Crippen LogP contribution in [0.15, 0.2) is 95.8 Å². The van der Waals surface area contributed by atoms with Gasteiger partial charge in [0.05, 0.1) is 23.7 Å². The molecule has 4 heteroatoms. The molecule has 0 aliphatic carbocycles. The molecule has 0 aliphatic rings. The van der Waals surface area contributed by atoms with Crippen molar-refractivity contribution in [1.82, 2.24) is 9.55 Å². The molecule has 150 valence electrons. The van der Waals surface area contributed by atoms with E-state index < -0.39 is 0 Å². The molecule has 0 amide bonds. The number of para-hydroxylation sites is 1. The third-order valence-electron chi connectivity index (χ3n) is 5.35. The Balaban J connectivity index is 1.74. The van der Waals surface area contributed by atoms with E-state index in [1.807, 2.05) is 72.8 Å². The predicted molar refractivity (Wildman–Crippen MR) is 127 cm³/mol. The largest absolute Gasteiger partial charge is 0.497 e. The van der Waals surface area contributed by atoms with E-state index in [1.165, 1.54) is 5.39 Å². The first-order valence-corrected chi connectivity index (χ1v) is 10.1. The molecule has 0 N–H and O–H groups in total. The molecule has 0 saturated heterocycles. The highest BCUT2D eigenvalue weighted by atomic mass is 16.5. The molecule has 31 heavy (non-hydrogen) atoms. The summed E-state index contributed by atoms with van der Waals surface area (Å²) in [5.41, 5.74) is 2.33. The van der Waals surface area contributed by atoms with Crippen LogP contribution in [0.2, 0.25) is 0 Å². The lowest BCUT2D eigenvalue weighted by molar-refractivity contribution is 0.414. The number of ether oxygens (including phenoxy) is 1. The summed E-state index contributed by atoms with van der Waals surface area (Å²) in [7, 11) is 1.61. The Morgan fingerprint density at radius 3 is 2.42 bits per heavy atom. The van der Waals surface area contributed by atoms with Crippen molar-refractivity contribution in [1.29, 1.82) is 0 Å². The molecule has 1 aromatic heterocycles. The summed E-state index contributed by atoms with van der Waals surface area (Å²) in [6.07, 6.45) is 3.91. The molecular weight excluding hydrogens is 384 g/mol. The van der Waals surface area contributed by atoms with Crippen LogP contribution in [0, 0.1) is 0 Å². The van der Waals surface area contributed by atoms with Crippen LogP contribution in [0.3, 0.4) is 0 Å². The molecule has 0 spiro atoms. The van der Waals surface area contributed by atoms with Crippen molar-refractivity contribution in [2.45, 2.75) is 0 Å². The molecule has 5 aromatic rings. The predicted octanol–water partition coefficient (Wildman–Crippen LogP) is 5.72. The maximum atomic E-state index is 13.4. The van der Waals surface area contributed by atoms with Crippen LogP contribution < -0.4 is 10.3 Å². The Morgan fingerprint density at radius 1 is 0.806 bits per heavy atom. The molecule has 0 bridgehead atoms. The zero-order valence-corrected chi connectivity index (χ0v) is 17.0. The van der Waals surface area contributed by atoms with Gasteiger partial charge in [0.25, 0.3) is 5.56 Å². The van der Waals surface area contributed by atoms with Crippen LogP contribution in [0.25, 0.3) is 39.5 Å². The smallest absolute Gasteiger partial charge is 0.266 e. The monoisotopic (exact) mass is 404 g/mol. The Morgan fingerprint density at radius 2 is 1.55 bits per heavy atom. The van der Waals surface area contributed by atoms with E-state index in [0.29, 0.717) is 28.2 Å². The minimum atomic E-state index is -0.114. The molecule has 5 rings (SSSR count). The highest BCUT2D eigenvalue weighted by molar-refractivity contribution is 5.92. The van der Waals surface area contributed by atoms with Crippen molar-refractivity contribution in [2.75, 3.05) is 7.11 Å². The second-order valence-corrected chi connectivity index (χ2v) is 7.23. The quantitative estimate of drug-likeness (QED) is 0.385. The summed E-state index contributed by atoms with van der Waals surface area (Å²) in [5.74, 6) is 1.24. The van der Waals surface area contributed by atoms with Crippen LogP contribution in [0.4, 0.5) is 0 Å². The number of nitrogens with zero attached hydrogens (tertiary/aromatic N) is 2. The van der Waals surface area contributed by atoms with Gasteiger partial charge in [-0.15, -0.1) is 0 Å². The van der Waals surface area contributed by atoms with Crippen LogP contribution >= 0.6 is 0 Å². The van der Waals surface area contributed by atoms with Crippen molar-refractivity contribution >= 4 is 33.8 Å². The fourth-order valence-corrected chi connectivity index (χ4v) is 3.82. The third kappa shape index (κ3) is 3.49. The van der Waals surface area contributed by atoms with E-state index in [9.17, 15) is 4.79 Å². The number of benzene rings is 4. The number of hydrogen-bond acceptors (Lipinski definition) is 3. The first-order valence-electron chi connectivity index (χ1n) is 10.1. The summed E-state index contributed by atoms with van der Waals surface area (Å²) in [5, 5.41) is 2.89. The average Bonchev–Trinajstić information content (AvgIpc) is 2.83. The summed E-state index contributed by atoms with van der Waals surface area (Å²) in [6.45, 7) is 0. The van der Waals surface area contributed by atoms with E-state index in [-0.39, 0.29) is 5.56 Å². The lowest BCUT2D eigenvalue weighted by Gasteiger charge is -2.12. The highest BCUT2D eigenvalue weighted by Gasteiger charge is 2.11. The highest BCUT2D eigenvalue weighted by Crippen LogP contribution is 2.22. The van der Waals surface area contributed by atoms with Gasteiger partial charge in [0, 0.05) is 6.07 Å². The maximum Gasteiger partial charge on any atom is 0.266 e. The van der Waals surface area contributed by atoms with Gasteiger partial charge < -0.3 is 4.74 Å². The molecule has 0 unspecified atom stereocenters. The van der Waals surface area contributed by atoms with Crippen molar-refractivity contribution in [2.24, 2.45) is 0 Å². The van der Waals surface area contributed by atoms with Gasteiger partial charge in [-0.25, -0.2) is 4.98 Å². The SMILES string of the molecule is COc1cccc(-n2c(/C=C/c3cccc4ccccc34)nc3ccccc3c2=O)c1. The zero-order chi connectivity index (χ0) is 21.2. The van der Waals surface area contributed by atoms with E-state index in [2.05, 4.69) is 24.3 Å². The Hall–Kier alpha value is -4.18.